The molecule has 0 atom stereocenters. The lowest BCUT2D eigenvalue weighted by Gasteiger charge is -2.20. The van der Waals surface area contributed by atoms with Crippen LogP contribution in [0.2, 0.25) is 0 Å². The van der Waals surface area contributed by atoms with Gasteiger partial charge in [-0.15, -0.1) is 0 Å². The number of nitrogens with zero attached hydrogens (tertiary/aromatic N) is 5. The van der Waals surface area contributed by atoms with Crippen LogP contribution in [0.15, 0.2) is 24.7 Å². The molecule has 0 unspecified atom stereocenters. The average Bonchev–Trinajstić information content (AvgIpc) is 2.85. The molecule has 0 aliphatic heterocycles. The lowest BCUT2D eigenvalue weighted by atomic mass is 10.5. The third-order valence-electron chi connectivity index (χ3n) is 2.72. The Morgan fingerprint density at radius 3 is 2.47 bits per heavy atom. The predicted molar refractivity (Wildman–Crippen MR) is 70.3 cm³/mol. The van der Waals surface area contributed by atoms with Crippen molar-refractivity contribution in [3.05, 3.63) is 30.5 Å². The molecule has 0 saturated heterocycles. The Balaban J connectivity index is 2.30. The van der Waals surface area contributed by atoms with Gasteiger partial charge in [0.25, 0.3) is 0 Å². The second kappa shape index (κ2) is 6.26. The highest BCUT2D eigenvalue weighted by Gasteiger charge is 2.10. The Labute approximate surface area is 111 Å². The second-order valence-corrected chi connectivity index (χ2v) is 3.99. The molecule has 0 radical (unpaired) electrons. The molecule has 2 aromatic heterocycles. The van der Waals surface area contributed by atoms with Crippen LogP contribution in [0.25, 0.3) is 5.82 Å². The van der Waals surface area contributed by atoms with Crippen molar-refractivity contribution < 1.29 is 10.2 Å². The van der Waals surface area contributed by atoms with E-state index in [2.05, 4.69) is 15.0 Å². The first-order chi connectivity index (χ1) is 9.26. The number of hydrogen-bond acceptors (Lipinski definition) is 6. The summed E-state index contributed by atoms with van der Waals surface area (Å²) in [5.74, 6) is 2.02. The van der Waals surface area contributed by atoms with Crippen LogP contribution in [-0.2, 0) is 0 Å². The Kier molecular flexibility index (Phi) is 4.43. The van der Waals surface area contributed by atoms with E-state index in [-0.39, 0.29) is 13.2 Å². The number of rotatable bonds is 6. The lowest BCUT2D eigenvalue weighted by molar-refractivity contribution is 0.280. The normalized spacial score (nSPS) is 10.7. The van der Waals surface area contributed by atoms with Crippen LogP contribution in [0.4, 0.5) is 5.95 Å². The summed E-state index contributed by atoms with van der Waals surface area (Å²) in [4.78, 5) is 14.5. The number of aryl methyl sites for hydroxylation is 1. The fraction of sp³-hybridized carbons (Fsp3) is 0.417. The average molecular weight is 263 g/mol. The molecule has 0 aliphatic rings. The van der Waals surface area contributed by atoms with Crippen molar-refractivity contribution in [1.29, 1.82) is 0 Å². The second-order valence-electron chi connectivity index (χ2n) is 3.99. The van der Waals surface area contributed by atoms with E-state index in [1.54, 1.807) is 23.4 Å². The lowest BCUT2D eigenvalue weighted by Crippen LogP contribution is -2.31. The van der Waals surface area contributed by atoms with Crippen molar-refractivity contribution in [2.24, 2.45) is 0 Å². The van der Waals surface area contributed by atoms with E-state index in [4.69, 9.17) is 10.2 Å². The van der Waals surface area contributed by atoms with Crippen LogP contribution in [0, 0.1) is 6.92 Å². The minimum absolute atomic E-state index is 0.0162. The Morgan fingerprint density at radius 2 is 1.89 bits per heavy atom. The van der Waals surface area contributed by atoms with Gasteiger partial charge in [-0.2, -0.15) is 4.98 Å². The topological polar surface area (TPSA) is 87.3 Å². The van der Waals surface area contributed by atoms with Crippen molar-refractivity contribution in [2.45, 2.75) is 6.92 Å². The van der Waals surface area contributed by atoms with Crippen LogP contribution in [0.5, 0.6) is 0 Å². The minimum Gasteiger partial charge on any atom is -0.395 e. The summed E-state index contributed by atoms with van der Waals surface area (Å²) in [6.45, 7) is 2.62. The molecule has 0 amide bonds. The molecule has 0 fully saturated rings. The number of imidazole rings is 1. The number of aliphatic hydroxyl groups excluding tert-OH is 2. The molecule has 2 rings (SSSR count). The zero-order valence-corrected chi connectivity index (χ0v) is 10.8. The first-order valence-electron chi connectivity index (χ1n) is 6.06. The zero-order chi connectivity index (χ0) is 13.7. The molecule has 0 bridgehead atoms. The maximum atomic E-state index is 9.03. The highest BCUT2D eigenvalue weighted by Crippen LogP contribution is 2.11. The maximum absolute atomic E-state index is 9.03. The van der Waals surface area contributed by atoms with Gasteiger partial charge in [-0.25, -0.2) is 9.97 Å². The number of anilines is 1. The van der Waals surface area contributed by atoms with E-state index < -0.39 is 0 Å². The summed E-state index contributed by atoms with van der Waals surface area (Å²) in [7, 11) is 0. The summed E-state index contributed by atoms with van der Waals surface area (Å²) in [6, 6.07) is 1.79. The molecule has 0 aliphatic carbocycles. The molecule has 2 heterocycles. The first kappa shape index (κ1) is 13.4. The summed E-state index contributed by atoms with van der Waals surface area (Å²) < 4.78 is 1.85. The fourth-order valence-corrected chi connectivity index (χ4v) is 1.80. The van der Waals surface area contributed by atoms with Gasteiger partial charge in [0, 0.05) is 31.7 Å². The zero-order valence-electron chi connectivity index (χ0n) is 10.8. The van der Waals surface area contributed by atoms with E-state index in [0.29, 0.717) is 24.9 Å². The van der Waals surface area contributed by atoms with Crippen molar-refractivity contribution in [1.82, 2.24) is 19.5 Å². The number of aromatic nitrogens is 4. The van der Waals surface area contributed by atoms with E-state index in [9.17, 15) is 0 Å². The molecular weight excluding hydrogens is 246 g/mol. The number of aliphatic hydroxyl groups is 2. The SMILES string of the molecule is Cc1nccn1-c1ccnc(N(CCO)CCO)n1. The maximum Gasteiger partial charge on any atom is 0.227 e. The van der Waals surface area contributed by atoms with Gasteiger partial charge in [-0.3, -0.25) is 4.57 Å². The van der Waals surface area contributed by atoms with Crippen LogP contribution in [0.1, 0.15) is 5.82 Å². The molecule has 0 saturated carbocycles. The highest BCUT2D eigenvalue weighted by atomic mass is 16.3. The quantitative estimate of drug-likeness (QED) is 0.748. The van der Waals surface area contributed by atoms with Crippen molar-refractivity contribution >= 4 is 5.95 Å². The summed E-state index contributed by atoms with van der Waals surface area (Å²) in [5.41, 5.74) is 0. The van der Waals surface area contributed by atoms with Gasteiger partial charge in [0.2, 0.25) is 5.95 Å². The van der Waals surface area contributed by atoms with Gasteiger partial charge in [0.15, 0.2) is 0 Å². The van der Waals surface area contributed by atoms with E-state index in [0.717, 1.165) is 5.82 Å². The van der Waals surface area contributed by atoms with Gasteiger partial charge in [-0.05, 0) is 13.0 Å². The molecule has 2 aromatic rings. The Bertz CT molecular complexity index is 522. The molecule has 7 heteroatoms. The predicted octanol–water partition coefficient (Wildman–Crippen LogP) is -0.238. The van der Waals surface area contributed by atoms with Gasteiger partial charge in [-0.1, -0.05) is 0 Å². The monoisotopic (exact) mass is 263 g/mol. The minimum atomic E-state index is -0.0162. The van der Waals surface area contributed by atoms with E-state index in [1.807, 2.05) is 17.7 Å². The standard InChI is InChI=1S/C12H17N5O2/c1-10-13-4-5-17(10)11-2-3-14-12(15-11)16(6-8-18)7-9-19/h2-5,18-19H,6-9H2,1H3. The van der Waals surface area contributed by atoms with Crippen LogP contribution >= 0.6 is 0 Å². The van der Waals surface area contributed by atoms with Gasteiger partial charge >= 0.3 is 0 Å². The first-order valence-corrected chi connectivity index (χ1v) is 6.06. The smallest absolute Gasteiger partial charge is 0.227 e. The van der Waals surface area contributed by atoms with Gasteiger partial charge in [0.05, 0.1) is 13.2 Å². The molecule has 102 valence electrons. The molecule has 19 heavy (non-hydrogen) atoms. The third-order valence-corrected chi connectivity index (χ3v) is 2.72. The molecule has 7 nitrogen and oxygen atoms in total. The Hall–Kier alpha value is -1.99. The summed E-state index contributed by atoms with van der Waals surface area (Å²) in [5, 5.41) is 18.1. The molecule has 0 spiro atoms. The third kappa shape index (κ3) is 3.07. The fourth-order valence-electron chi connectivity index (χ4n) is 1.80. The summed E-state index contributed by atoms with van der Waals surface area (Å²) in [6.07, 6.45) is 5.18. The van der Waals surface area contributed by atoms with Crippen LogP contribution in [0.3, 0.4) is 0 Å². The largest absolute Gasteiger partial charge is 0.395 e. The van der Waals surface area contributed by atoms with E-state index >= 15 is 0 Å². The number of hydrogen-bond donors (Lipinski definition) is 2. The van der Waals surface area contributed by atoms with Crippen molar-refractivity contribution in [3.63, 3.8) is 0 Å². The molecule has 0 aromatic carbocycles. The van der Waals surface area contributed by atoms with E-state index in [1.165, 1.54) is 0 Å². The highest BCUT2D eigenvalue weighted by molar-refractivity contribution is 5.35. The van der Waals surface area contributed by atoms with Gasteiger partial charge < -0.3 is 15.1 Å². The molecule has 2 N–H and O–H groups in total. The van der Waals surface area contributed by atoms with Crippen molar-refractivity contribution in [2.75, 3.05) is 31.2 Å². The molecular formula is C12H17N5O2. The van der Waals surface area contributed by atoms with Crippen molar-refractivity contribution in [3.8, 4) is 5.82 Å². The van der Waals surface area contributed by atoms with Crippen LogP contribution < -0.4 is 4.90 Å². The Morgan fingerprint density at radius 1 is 1.16 bits per heavy atom. The van der Waals surface area contributed by atoms with Gasteiger partial charge in [0.1, 0.15) is 11.6 Å². The van der Waals surface area contributed by atoms with Crippen LogP contribution in [-0.4, -0.2) is 56.0 Å². The summed E-state index contributed by atoms with van der Waals surface area (Å²) >= 11 is 0.